The summed E-state index contributed by atoms with van der Waals surface area (Å²) in [6, 6.07) is 11.1. The van der Waals surface area contributed by atoms with Crippen LogP contribution in [0.5, 0.6) is 0 Å². The minimum absolute atomic E-state index is 0.00227. The van der Waals surface area contributed by atoms with E-state index in [1.807, 2.05) is 12.3 Å². The molecule has 0 bridgehead atoms. The fraction of sp³-hybridized carbons (Fsp3) is 0.464. The Balaban J connectivity index is 1.45. The van der Waals surface area contributed by atoms with Gasteiger partial charge in [-0.1, -0.05) is 12.1 Å². The van der Waals surface area contributed by atoms with Gasteiger partial charge in [-0.15, -0.1) is 0 Å². The normalized spacial score (nSPS) is 17.6. The van der Waals surface area contributed by atoms with E-state index in [1.54, 1.807) is 4.31 Å². The van der Waals surface area contributed by atoms with Crippen LogP contribution >= 0.6 is 0 Å². The smallest absolute Gasteiger partial charge is 0.250 e. The summed E-state index contributed by atoms with van der Waals surface area (Å²) < 4.78 is 31.7. The number of amides is 1. The first-order valence-corrected chi connectivity index (χ1v) is 14.6. The number of piperidine rings is 1. The average Bonchev–Trinajstić information content (AvgIpc) is 3.51. The van der Waals surface area contributed by atoms with Gasteiger partial charge in [-0.25, -0.2) is 12.7 Å². The molecule has 8 nitrogen and oxygen atoms in total. The van der Waals surface area contributed by atoms with E-state index in [9.17, 15) is 13.2 Å². The molecule has 3 heterocycles. The van der Waals surface area contributed by atoms with Crippen molar-refractivity contribution in [3.05, 3.63) is 58.8 Å². The molecule has 3 aromatic rings. The number of ether oxygens (including phenoxy) is 1. The fourth-order valence-electron chi connectivity index (χ4n) is 5.68. The number of H-pyrrole nitrogens is 1. The van der Waals surface area contributed by atoms with Crippen LogP contribution in [0.15, 0.2) is 36.5 Å². The number of benzene rings is 2. The highest BCUT2D eigenvalue weighted by molar-refractivity contribution is 7.89. The Bertz CT molecular complexity index is 1420. The Hall–Kier alpha value is -2.72. The largest absolute Gasteiger partial charge is 0.384 e. The number of nitrogens with two attached hydrogens (primary N) is 1. The lowest BCUT2D eigenvalue weighted by atomic mass is 9.88. The fourth-order valence-corrected chi connectivity index (χ4v) is 7.08. The minimum Gasteiger partial charge on any atom is -0.384 e. The number of hydrogen-bond donors (Lipinski definition) is 2. The second-order valence-corrected chi connectivity index (χ2v) is 12.6. The van der Waals surface area contributed by atoms with Crippen LogP contribution in [0.4, 0.5) is 0 Å². The van der Waals surface area contributed by atoms with Crippen molar-refractivity contribution in [3.63, 3.8) is 0 Å². The third kappa shape index (κ3) is 5.05. The molecule has 2 aliphatic rings. The second-order valence-electron chi connectivity index (χ2n) is 10.5. The van der Waals surface area contributed by atoms with Gasteiger partial charge in [0.2, 0.25) is 10.0 Å². The molecule has 37 heavy (non-hydrogen) atoms. The summed E-state index contributed by atoms with van der Waals surface area (Å²) in [5.41, 5.74) is 12.9. The van der Waals surface area contributed by atoms with Gasteiger partial charge in [0.05, 0.1) is 23.4 Å². The van der Waals surface area contributed by atoms with Crippen LogP contribution in [0.25, 0.3) is 22.0 Å². The first-order valence-electron chi connectivity index (χ1n) is 13.0. The first-order chi connectivity index (χ1) is 17.7. The van der Waals surface area contributed by atoms with Gasteiger partial charge in [-0.3, -0.25) is 9.69 Å². The van der Waals surface area contributed by atoms with Crippen molar-refractivity contribution in [2.24, 2.45) is 5.73 Å². The van der Waals surface area contributed by atoms with Gasteiger partial charge in [0.25, 0.3) is 5.91 Å². The molecule has 1 fully saturated rings. The van der Waals surface area contributed by atoms with Gasteiger partial charge in [0.15, 0.2) is 0 Å². The molecular formula is C28H36N4O4S. The highest BCUT2D eigenvalue weighted by Crippen LogP contribution is 2.38. The molecule has 0 unspecified atom stereocenters. The maximum absolute atomic E-state index is 12.6. The Morgan fingerprint density at radius 1 is 1.11 bits per heavy atom. The molecule has 2 aromatic carbocycles. The van der Waals surface area contributed by atoms with Crippen LogP contribution < -0.4 is 5.73 Å². The SMILES string of the molecule is COCCS(=O)(=O)N1CCC(c2c[nH]c3c(C(N)=O)cc(-c4ccc5c(c4)CN(C(C)C)C5)cc23)CC1. The Labute approximate surface area is 218 Å². The van der Waals surface area contributed by atoms with E-state index in [1.165, 1.54) is 18.2 Å². The molecule has 0 spiro atoms. The van der Waals surface area contributed by atoms with Crippen LogP contribution in [0.2, 0.25) is 0 Å². The highest BCUT2D eigenvalue weighted by atomic mass is 32.2. The van der Waals surface area contributed by atoms with E-state index >= 15 is 0 Å². The molecule has 0 radical (unpaired) electrons. The number of nitrogens with one attached hydrogen (secondary N) is 1. The maximum atomic E-state index is 12.6. The Kier molecular flexibility index (Phi) is 7.15. The summed E-state index contributed by atoms with van der Waals surface area (Å²) >= 11 is 0. The van der Waals surface area contributed by atoms with Crippen LogP contribution in [0, 0.1) is 0 Å². The van der Waals surface area contributed by atoms with E-state index < -0.39 is 15.9 Å². The lowest BCUT2D eigenvalue weighted by Gasteiger charge is -2.31. The van der Waals surface area contributed by atoms with E-state index in [0.29, 0.717) is 24.7 Å². The van der Waals surface area contributed by atoms with E-state index in [-0.39, 0.29) is 18.3 Å². The first kappa shape index (κ1) is 25.9. The predicted molar refractivity (Wildman–Crippen MR) is 146 cm³/mol. The van der Waals surface area contributed by atoms with Crippen LogP contribution in [0.1, 0.15) is 59.7 Å². The third-order valence-electron chi connectivity index (χ3n) is 7.94. The molecule has 9 heteroatoms. The van der Waals surface area contributed by atoms with Gasteiger partial charge in [0, 0.05) is 50.9 Å². The van der Waals surface area contributed by atoms with Gasteiger partial charge in [-0.05, 0) is 78.6 Å². The molecule has 3 N–H and O–H groups in total. The average molecular weight is 525 g/mol. The van der Waals surface area contributed by atoms with Crippen LogP contribution in [-0.2, 0) is 27.8 Å². The summed E-state index contributed by atoms with van der Waals surface area (Å²) in [7, 11) is -1.81. The molecule has 2 aliphatic heterocycles. The number of methoxy groups -OCH3 is 1. The lowest BCUT2D eigenvalue weighted by Crippen LogP contribution is -2.39. The molecule has 5 rings (SSSR count). The van der Waals surface area contributed by atoms with E-state index in [2.05, 4.69) is 48.0 Å². The number of aromatic amines is 1. The number of fused-ring (bicyclic) bond motifs is 2. The molecule has 0 atom stereocenters. The van der Waals surface area contributed by atoms with Crippen molar-refractivity contribution in [2.75, 3.05) is 32.6 Å². The zero-order valence-electron chi connectivity index (χ0n) is 21.8. The zero-order valence-corrected chi connectivity index (χ0v) is 22.6. The van der Waals surface area contributed by atoms with Crippen molar-refractivity contribution < 1.29 is 17.9 Å². The summed E-state index contributed by atoms with van der Waals surface area (Å²) in [6.07, 6.45) is 3.40. The van der Waals surface area contributed by atoms with Gasteiger partial charge >= 0.3 is 0 Å². The zero-order chi connectivity index (χ0) is 26.3. The monoisotopic (exact) mass is 524 g/mol. The number of carbonyl (C=O) groups is 1. The Morgan fingerprint density at radius 3 is 2.51 bits per heavy atom. The molecule has 198 valence electrons. The van der Waals surface area contributed by atoms with Crippen LogP contribution in [-0.4, -0.2) is 67.1 Å². The quantitative estimate of drug-likeness (QED) is 0.466. The number of nitrogens with zero attached hydrogens (tertiary/aromatic N) is 2. The highest BCUT2D eigenvalue weighted by Gasteiger charge is 2.30. The number of aromatic nitrogens is 1. The summed E-state index contributed by atoms with van der Waals surface area (Å²) in [5, 5.41) is 0.983. The second kappa shape index (κ2) is 10.2. The van der Waals surface area contributed by atoms with Gasteiger partial charge in [-0.2, -0.15) is 0 Å². The topological polar surface area (TPSA) is 109 Å². The Morgan fingerprint density at radius 2 is 1.84 bits per heavy atom. The standard InChI is InChI=1S/C28H36N4O4S/c1-18(2)31-16-21-5-4-20(12-23(21)17-31)22-13-24-26(15-30-27(24)25(14-22)28(29)33)19-6-8-32(9-7-19)37(34,35)11-10-36-3/h4-5,12-15,18-19,30H,6-11,16-17H2,1-3H3,(H2,29,33). The van der Waals surface area contributed by atoms with Gasteiger partial charge in [0.1, 0.15) is 0 Å². The third-order valence-corrected chi connectivity index (χ3v) is 9.77. The van der Waals surface area contributed by atoms with Crippen molar-refractivity contribution in [3.8, 4) is 11.1 Å². The van der Waals surface area contributed by atoms with E-state index in [4.69, 9.17) is 10.5 Å². The lowest BCUT2D eigenvalue weighted by molar-refractivity contribution is 0.100. The van der Waals surface area contributed by atoms with Crippen molar-refractivity contribution in [2.45, 2.75) is 51.7 Å². The molecular weight excluding hydrogens is 488 g/mol. The number of hydrogen-bond acceptors (Lipinski definition) is 5. The number of rotatable bonds is 8. The number of sulfonamides is 1. The van der Waals surface area contributed by atoms with Gasteiger partial charge < -0.3 is 15.5 Å². The molecule has 1 aromatic heterocycles. The van der Waals surface area contributed by atoms with Crippen molar-refractivity contribution in [1.29, 1.82) is 0 Å². The maximum Gasteiger partial charge on any atom is 0.250 e. The summed E-state index contributed by atoms with van der Waals surface area (Å²) in [4.78, 5) is 18.2. The number of primary amides is 1. The minimum atomic E-state index is -3.32. The van der Waals surface area contributed by atoms with Crippen molar-refractivity contribution in [1.82, 2.24) is 14.2 Å². The predicted octanol–water partition coefficient (Wildman–Crippen LogP) is 3.81. The summed E-state index contributed by atoms with van der Waals surface area (Å²) in [6.45, 7) is 7.46. The molecule has 0 aliphatic carbocycles. The molecule has 1 amide bonds. The number of carbonyl (C=O) groups excluding carboxylic acids is 1. The van der Waals surface area contributed by atoms with E-state index in [0.717, 1.165) is 53.5 Å². The van der Waals surface area contributed by atoms with Crippen molar-refractivity contribution >= 4 is 26.8 Å². The molecule has 0 saturated carbocycles. The van der Waals surface area contributed by atoms with Crippen LogP contribution in [0.3, 0.4) is 0 Å². The molecule has 1 saturated heterocycles. The summed E-state index contributed by atoms with van der Waals surface area (Å²) in [5.74, 6) is -0.271.